The zero-order chi connectivity index (χ0) is 14.9. The van der Waals surface area contributed by atoms with Crippen molar-refractivity contribution in [1.82, 2.24) is 9.55 Å². The lowest BCUT2D eigenvalue weighted by atomic mass is 10.0. The monoisotopic (exact) mass is 298 g/mol. The molecule has 5 heteroatoms. The van der Waals surface area contributed by atoms with Gasteiger partial charge < -0.3 is 9.30 Å². The van der Waals surface area contributed by atoms with Crippen molar-refractivity contribution in [3.8, 4) is 0 Å². The highest BCUT2D eigenvalue weighted by atomic mass is 35.5. The number of benzene rings is 1. The van der Waals surface area contributed by atoms with Crippen LogP contribution >= 0.6 is 11.6 Å². The van der Waals surface area contributed by atoms with Crippen molar-refractivity contribution in [2.75, 3.05) is 13.7 Å². The van der Waals surface area contributed by atoms with Gasteiger partial charge in [-0.2, -0.15) is 0 Å². The van der Waals surface area contributed by atoms with E-state index in [1.54, 1.807) is 14.0 Å². The quantitative estimate of drug-likeness (QED) is 0.778. The second-order valence-electron chi connectivity index (χ2n) is 5.39. The Hall–Kier alpha value is -1.13. The number of hydrogen-bond donors (Lipinski definition) is 0. The van der Waals surface area contributed by atoms with E-state index in [0.717, 1.165) is 11.3 Å². The number of methoxy groups -OCH3 is 1. The Labute approximate surface area is 123 Å². The van der Waals surface area contributed by atoms with Crippen molar-refractivity contribution >= 4 is 22.6 Å². The maximum atomic E-state index is 13.7. The molecule has 1 aromatic heterocycles. The summed E-state index contributed by atoms with van der Waals surface area (Å²) in [5, 5.41) is 0. The molecular formula is C15H20ClFN2O. The van der Waals surface area contributed by atoms with Crippen LogP contribution in [-0.4, -0.2) is 23.3 Å². The van der Waals surface area contributed by atoms with Gasteiger partial charge in [0, 0.05) is 13.2 Å². The zero-order valence-corrected chi connectivity index (χ0v) is 13.0. The number of rotatable bonds is 5. The molecule has 0 saturated carbocycles. The van der Waals surface area contributed by atoms with E-state index in [-0.39, 0.29) is 11.9 Å². The molecule has 110 valence electrons. The summed E-state index contributed by atoms with van der Waals surface area (Å²) in [4.78, 5) is 4.45. The molecule has 0 fully saturated rings. The SMILES string of the molecule is COCC(C(C)C)n1c(CCl)nc2cc(F)c(C)cc21. The fourth-order valence-electron chi connectivity index (χ4n) is 2.47. The molecule has 1 unspecified atom stereocenters. The molecule has 0 aliphatic heterocycles. The number of nitrogens with zero attached hydrogens (tertiary/aromatic N) is 2. The number of aromatic nitrogens is 2. The third kappa shape index (κ3) is 2.67. The molecule has 0 radical (unpaired) electrons. The Bertz CT molecular complexity index is 609. The second kappa shape index (κ2) is 6.10. The maximum absolute atomic E-state index is 13.7. The van der Waals surface area contributed by atoms with Gasteiger partial charge in [0.2, 0.25) is 0 Å². The van der Waals surface area contributed by atoms with Gasteiger partial charge in [-0.05, 0) is 24.5 Å². The van der Waals surface area contributed by atoms with Crippen LogP contribution in [0.1, 0.15) is 31.3 Å². The lowest BCUT2D eigenvalue weighted by Crippen LogP contribution is -2.22. The maximum Gasteiger partial charge on any atom is 0.128 e. The van der Waals surface area contributed by atoms with Crippen LogP contribution in [0.2, 0.25) is 0 Å². The van der Waals surface area contributed by atoms with Gasteiger partial charge >= 0.3 is 0 Å². The Morgan fingerprint density at radius 2 is 2.10 bits per heavy atom. The number of aryl methyl sites for hydroxylation is 1. The molecule has 2 rings (SSSR count). The highest BCUT2D eigenvalue weighted by molar-refractivity contribution is 6.16. The van der Waals surface area contributed by atoms with Crippen LogP contribution in [0.5, 0.6) is 0 Å². The summed E-state index contributed by atoms with van der Waals surface area (Å²) >= 11 is 6.01. The summed E-state index contributed by atoms with van der Waals surface area (Å²) in [6, 6.07) is 3.43. The summed E-state index contributed by atoms with van der Waals surface area (Å²) in [5.41, 5.74) is 2.17. The fourth-order valence-corrected chi connectivity index (χ4v) is 2.66. The minimum absolute atomic E-state index is 0.128. The number of fused-ring (bicyclic) bond motifs is 1. The Morgan fingerprint density at radius 3 is 2.65 bits per heavy atom. The Balaban J connectivity index is 2.68. The zero-order valence-electron chi connectivity index (χ0n) is 12.3. The van der Waals surface area contributed by atoms with Crippen LogP contribution in [0.25, 0.3) is 11.0 Å². The van der Waals surface area contributed by atoms with Crippen LogP contribution in [-0.2, 0) is 10.6 Å². The molecule has 2 aromatic rings. The van der Waals surface area contributed by atoms with Gasteiger partial charge in [0.05, 0.1) is 29.6 Å². The molecule has 0 aliphatic carbocycles. The highest BCUT2D eigenvalue weighted by Crippen LogP contribution is 2.28. The smallest absolute Gasteiger partial charge is 0.128 e. The molecule has 1 aromatic carbocycles. The lowest BCUT2D eigenvalue weighted by Gasteiger charge is -2.24. The van der Waals surface area contributed by atoms with E-state index in [0.29, 0.717) is 29.5 Å². The van der Waals surface area contributed by atoms with Gasteiger partial charge in [-0.3, -0.25) is 0 Å². The average molecular weight is 299 g/mol. The van der Waals surface area contributed by atoms with E-state index in [9.17, 15) is 4.39 Å². The standard InChI is InChI=1S/C15H20ClFN2O/c1-9(2)14(8-20-4)19-13-5-10(3)11(17)6-12(13)18-15(19)7-16/h5-6,9,14H,7-8H2,1-4H3. The third-order valence-corrected chi connectivity index (χ3v) is 3.84. The Morgan fingerprint density at radius 1 is 1.40 bits per heavy atom. The summed E-state index contributed by atoms with van der Waals surface area (Å²) in [7, 11) is 1.68. The topological polar surface area (TPSA) is 27.1 Å². The van der Waals surface area contributed by atoms with Crippen molar-refractivity contribution in [3.63, 3.8) is 0 Å². The summed E-state index contributed by atoms with van der Waals surface area (Å²) in [5.74, 6) is 1.17. The van der Waals surface area contributed by atoms with E-state index in [1.807, 2.05) is 6.07 Å². The predicted octanol–water partition coefficient (Wildman–Crippen LogP) is 4.07. The summed E-state index contributed by atoms with van der Waals surface area (Å²) < 4.78 is 21.1. The molecule has 1 heterocycles. The predicted molar refractivity (Wildman–Crippen MR) is 79.7 cm³/mol. The molecule has 20 heavy (non-hydrogen) atoms. The average Bonchev–Trinajstić information content (AvgIpc) is 2.74. The van der Waals surface area contributed by atoms with Gasteiger partial charge in [0.25, 0.3) is 0 Å². The second-order valence-corrected chi connectivity index (χ2v) is 5.66. The van der Waals surface area contributed by atoms with E-state index in [4.69, 9.17) is 16.3 Å². The first-order valence-electron chi connectivity index (χ1n) is 6.71. The fraction of sp³-hybridized carbons (Fsp3) is 0.533. The van der Waals surface area contributed by atoms with E-state index < -0.39 is 0 Å². The number of hydrogen-bond acceptors (Lipinski definition) is 2. The first-order chi connectivity index (χ1) is 9.49. The normalized spacial score (nSPS) is 13.3. The summed E-state index contributed by atoms with van der Waals surface area (Å²) in [6.07, 6.45) is 0. The van der Waals surface area contributed by atoms with Crippen molar-refractivity contribution < 1.29 is 9.13 Å². The third-order valence-electron chi connectivity index (χ3n) is 3.60. The molecule has 0 aliphatic rings. The Kier molecular flexibility index (Phi) is 4.66. The molecule has 3 nitrogen and oxygen atoms in total. The molecule has 0 N–H and O–H groups in total. The van der Waals surface area contributed by atoms with Crippen LogP contribution in [0.4, 0.5) is 4.39 Å². The van der Waals surface area contributed by atoms with Crippen molar-refractivity contribution in [3.05, 3.63) is 29.3 Å². The van der Waals surface area contributed by atoms with Gasteiger partial charge in [-0.15, -0.1) is 11.6 Å². The molecule has 0 amide bonds. The molecule has 0 bridgehead atoms. The van der Waals surface area contributed by atoms with Gasteiger partial charge in [0.1, 0.15) is 11.6 Å². The number of alkyl halides is 1. The van der Waals surface area contributed by atoms with Crippen LogP contribution < -0.4 is 0 Å². The number of halogens is 2. The van der Waals surface area contributed by atoms with Crippen molar-refractivity contribution in [1.29, 1.82) is 0 Å². The molecule has 0 saturated heterocycles. The summed E-state index contributed by atoms with van der Waals surface area (Å²) in [6.45, 7) is 6.59. The highest BCUT2D eigenvalue weighted by Gasteiger charge is 2.22. The number of ether oxygens (including phenoxy) is 1. The van der Waals surface area contributed by atoms with E-state index in [1.165, 1.54) is 6.07 Å². The van der Waals surface area contributed by atoms with Gasteiger partial charge in [0.15, 0.2) is 0 Å². The first-order valence-corrected chi connectivity index (χ1v) is 7.24. The minimum Gasteiger partial charge on any atom is -0.383 e. The van der Waals surface area contributed by atoms with Crippen LogP contribution in [0.3, 0.4) is 0 Å². The lowest BCUT2D eigenvalue weighted by molar-refractivity contribution is 0.134. The molecular weight excluding hydrogens is 279 g/mol. The van der Waals surface area contributed by atoms with Crippen molar-refractivity contribution in [2.24, 2.45) is 5.92 Å². The largest absolute Gasteiger partial charge is 0.383 e. The van der Waals surface area contributed by atoms with E-state index >= 15 is 0 Å². The van der Waals surface area contributed by atoms with Crippen molar-refractivity contribution in [2.45, 2.75) is 32.7 Å². The van der Waals surface area contributed by atoms with Crippen LogP contribution in [0, 0.1) is 18.7 Å². The van der Waals surface area contributed by atoms with Gasteiger partial charge in [-0.1, -0.05) is 13.8 Å². The number of imidazole rings is 1. The molecule has 1 atom stereocenters. The van der Waals surface area contributed by atoms with Gasteiger partial charge in [-0.25, -0.2) is 9.37 Å². The minimum atomic E-state index is -0.240. The van der Waals surface area contributed by atoms with Crippen LogP contribution in [0.15, 0.2) is 12.1 Å². The molecule has 0 spiro atoms. The first kappa shape index (κ1) is 15.3. The van der Waals surface area contributed by atoms with E-state index in [2.05, 4.69) is 23.4 Å².